The molecule has 0 spiro atoms. The van der Waals surface area contributed by atoms with E-state index in [0.29, 0.717) is 6.10 Å². The topological polar surface area (TPSA) is 21.3 Å². The van der Waals surface area contributed by atoms with Crippen molar-refractivity contribution in [3.05, 3.63) is 0 Å². The minimum absolute atomic E-state index is 0.122. The van der Waals surface area contributed by atoms with E-state index in [0.717, 1.165) is 6.42 Å². The highest BCUT2D eigenvalue weighted by Crippen LogP contribution is 2.20. The summed E-state index contributed by atoms with van der Waals surface area (Å²) in [4.78, 5) is 5.69. The molecule has 0 aromatic rings. The van der Waals surface area contributed by atoms with Gasteiger partial charge in [-0.05, 0) is 33.1 Å². The van der Waals surface area contributed by atoms with Crippen LogP contribution in [0, 0.1) is 0 Å². The first-order valence-corrected chi connectivity index (χ1v) is 5.57. The van der Waals surface area contributed by atoms with Gasteiger partial charge in [0, 0.05) is 5.54 Å². The zero-order valence-corrected chi connectivity index (χ0v) is 9.23. The van der Waals surface area contributed by atoms with Crippen molar-refractivity contribution in [3.8, 4) is 0 Å². The van der Waals surface area contributed by atoms with Crippen LogP contribution in [0.5, 0.6) is 0 Å². The molecule has 78 valence electrons. The van der Waals surface area contributed by atoms with Gasteiger partial charge in [-0.15, -0.1) is 0 Å². The second kappa shape index (κ2) is 4.97. The highest BCUT2D eigenvalue weighted by atomic mass is 16.7. The molecule has 0 heterocycles. The Hall–Kier alpha value is -0.0800. The fourth-order valence-corrected chi connectivity index (χ4v) is 1.50. The molecule has 1 aliphatic carbocycles. The van der Waals surface area contributed by atoms with Crippen LogP contribution in [-0.2, 0) is 4.84 Å². The molecular formula is C11H23NO. The first-order valence-electron chi connectivity index (χ1n) is 5.57. The van der Waals surface area contributed by atoms with E-state index in [9.17, 15) is 0 Å². The summed E-state index contributed by atoms with van der Waals surface area (Å²) in [6, 6.07) is 0. The molecule has 2 nitrogen and oxygen atoms in total. The molecule has 1 fully saturated rings. The van der Waals surface area contributed by atoms with Gasteiger partial charge in [0.25, 0.3) is 0 Å². The Morgan fingerprint density at radius 2 is 1.85 bits per heavy atom. The van der Waals surface area contributed by atoms with E-state index in [1.54, 1.807) is 0 Å². The van der Waals surface area contributed by atoms with Crippen molar-refractivity contribution in [1.29, 1.82) is 0 Å². The molecule has 0 saturated heterocycles. The van der Waals surface area contributed by atoms with Gasteiger partial charge in [-0.25, -0.2) is 0 Å². The van der Waals surface area contributed by atoms with E-state index in [1.807, 2.05) is 0 Å². The fraction of sp³-hybridized carbons (Fsp3) is 1.00. The Kier molecular flexibility index (Phi) is 4.20. The molecular weight excluding hydrogens is 162 g/mol. The normalized spacial score (nSPS) is 20.5. The van der Waals surface area contributed by atoms with Crippen molar-refractivity contribution in [2.45, 2.75) is 70.9 Å². The summed E-state index contributed by atoms with van der Waals surface area (Å²) >= 11 is 0. The lowest BCUT2D eigenvalue weighted by Gasteiger charge is -2.29. The second-order valence-electron chi connectivity index (χ2n) is 4.72. The van der Waals surface area contributed by atoms with Gasteiger partial charge in [0.1, 0.15) is 0 Å². The number of hydrogen-bond donors (Lipinski definition) is 1. The van der Waals surface area contributed by atoms with Crippen molar-refractivity contribution in [2.24, 2.45) is 0 Å². The summed E-state index contributed by atoms with van der Waals surface area (Å²) in [6.45, 7) is 6.53. The van der Waals surface area contributed by atoms with Crippen LogP contribution in [0.1, 0.15) is 59.3 Å². The molecule has 0 bridgehead atoms. The first kappa shape index (κ1) is 11.0. The Labute approximate surface area is 82.0 Å². The lowest BCUT2D eigenvalue weighted by molar-refractivity contribution is -0.0790. The van der Waals surface area contributed by atoms with Gasteiger partial charge in [0.2, 0.25) is 0 Å². The van der Waals surface area contributed by atoms with Crippen LogP contribution in [0.15, 0.2) is 0 Å². The zero-order valence-electron chi connectivity index (χ0n) is 9.23. The summed E-state index contributed by atoms with van der Waals surface area (Å²) in [6.07, 6.45) is 8.06. The molecule has 0 atom stereocenters. The Balaban J connectivity index is 2.17. The van der Waals surface area contributed by atoms with Crippen molar-refractivity contribution >= 4 is 0 Å². The maximum absolute atomic E-state index is 5.69. The molecule has 0 aliphatic heterocycles. The molecule has 1 N–H and O–H groups in total. The first-order chi connectivity index (χ1) is 6.14. The third-order valence-corrected chi connectivity index (χ3v) is 2.94. The third kappa shape index (κ3) is 4.10. The van der Waals surface area contributed by atoms with E-state index >= 15 is 0 Å². The van der Waals surface area contributed by atoms with Gasteiger partial charge in [0.15, 0.2) is 0 Å². The predicted octanol–water partition coefficient (Wildman–Crippen LogP) is 3.03. The molecule has 0 aromatic heterocycles. The zero-order chi connectivity index (χ0) is 9.73. The Bertz CT molecular complexity index is 139. The minimum atomic E-state index is 0.122. The molecule has 0 aromatic carbocycles. The second-order valence-corrected chi connectivity index (χ2v) is 4.72. The standard InChI is InChI=1S/C11H23NO/c1-4-11(2,3)12-13-10-8-6-5-7-9-10/h10,12H,4-9H2,1-3H3. The number of rotatable bonds is 4. The minimum Gasteiger partial charge on any atom is -0.298 e. The van der Waals surface area contributed by atoms with Gasteiger partial charge in [-0.1, -0.05) is 26.2 Å². The average Bonchev–Trinajstić information content (AvgIpc) is 2.17. The summed E-state index contributed by atoms with van der Waals surface area (Å²) in [5.41, 5.74) is 3.30. The lowest BCUT2D eigenvalue weighted by Crippen LogP contribution is -2.41. The highest BCUT2D eigenvalue weighted by molar-refractivity contribution is 4.71. The molecule has 1 aliphatic rings. The number of hydrogen-bond acceptors (Lipinski definition) is 2. The van der Waals surface area contributed by atoms with Crippen LogP contribution >= 0.6 is 0 Å². The number of nitrogens with one attached hydrogen (secondary N) is 1. The van der Waals surface area contributed by atoms with E-state index in [4.69, 9.17) is 4.84 Å². The van der Waals surface area contributed by atoms with Crippen LogP contribution in [0.3, 0.4) is 0 Å². The lowest BCUT2D eigenvalue weighted by atomic mass is 9.98. The maximum Gasteiger partial charge on any atom is 0.0790 e. The van der Waals surface area contributed by atoms with Crippen LogP contribution in [0.4, 0.5) is 0 Å². The predicted molar refractivity (Wildman–Crippen MR) is 55.5 cm³/mol. The molecule has 1 saturated carbocycles. The molecule has 0 radical (unpaired) electrons. The van der Waals surface area contributed by atoms with Gasteiger partial charge in [-0.3, -0.25) is 4.84 Å². The van der Waals surface area contributed by atoms with E-state index < -0.39 is 0 Å². The van der Waals surface area contributed by atoms with Crippen molar-refractivity contribution in [1.82, 2.24) is 5.48 Å². The largest absolute Gasteiger partial charge is 0.298 e. The molecule has 0 amide bonds. The maximum atomic E-state index is 5.69. The summed E-state index contributed by atoms with van der Waals surface area (Å²) in [5.74, 6) is 0. The summed E-state index contributed by atoms with van der Waals surface area (Å²) in [5, 5.41) is 0. The number of hydroxylamine groups is 1. The third-order valence-electron chi connectivity index (χ3n) is 2.94. The smallest absolute Gasteiger partial charge is 0.0790 e. The Morgan fingerprint density at radius 1 is 1.23 bits per heavy atom. The SMILES string of the molecule is CCC(C)(C)NOC1CCCCC1. The van der Waals surface area contributed by atoms with Crippen molar-refractivity contribution in [3.63, 3.8) is 0 Å². The monoisotopic (exact) mass is 185 g/mol. The van der Waals surface area contributed by atoms with Gasteiger partial charge in [-0.2, -0.15) is 5.48 Å². The van der Waals surface area contributed by atoms with Crippen molar-refractivity contribution in [2.75, 3.05) is 0 Å². The molecule has 2 heteroatoms. The van der Waals surface area contributed by atoms with Crippen LogP contribution in [0.25, 0.3) is 0 Å². The van der Waals surface area contributed by atoms with Crippen molar-refractivity contribution < 1.29 is 4.84 Å². The summed E-state index contributed by atoms with van der Waals surface area (Å²) in [7, 11) is 0. The quantitative estimate of drug-likeness (QED) is 0.680. The van der Waals surface area contributed by atoms with Gasteiger partial charge < -0.3 is 0 Å². The fourth-order valence-electron chi connectivity index (χ4n) is 1.50. The van der Waals surface area contributed by atoms with E-state index in [2.05, 4.69) is 26.3 Å². The molecule has 1 rings (SSSR count). The molecule has 0 unspecified atom stereocenters. The van der Waals surface area contributed by atoms with Crippen LogP contribution < -0.4 is 5.48 Å². The van der Waals surface area contributed by atoms with Crippen LogP contribution in [0.2, 0.25) is 0 Å². The van der Waals surface area contributed by atoms with E-state index in [1.165, 1.54) is 32.1 Å². The van der Waals surface area contributed by atoms with Crippen LogP contribution in [-0.4, -0.2) is 11.6 Å². The molecule has 13 heavy (non-hydrogen) atoms. The van der Waals surface area contributed by atoms with Gasteiger partial charge in [0.05, 0.1) is 6.10 Å². The average molecular weight is 185 g/mol. The highest BCUT2D eigenvalue weighted by Gasteiger charge is 2.19. The Morgan fingerprint density at radius 3 is 2.38 bits per heavy atom. The summed E-state index contributed by atoms with van der Waals surface area (Å²) < 4.78 is 0. The van der Waals surface area contributed by atoms with Gasteiger partial charge >= 0.3 is 0 Å². The van der Waals surface area contributed by atoms with E-state index in [-0.39, 0.29) is 5.54 Å².